The number of unbranched alkanes of at least 4 members (excludes halogenated alkanes) is 1. The molecule has 36 heavy (non-hydrogen) atoms. The van der Waals surface area contributed by atoms with Gasteiger partial charge >= 0.3 is 0 Å². The second kappa shape index (κ2) is 14.5. The van der Waals surface area contributed by atoms with Gasteiger partial charge in [0.15, 0.2) is 0 Å². The first-order valence-corrected chi connectivity index (χ1v) is 13.9. The summed E-state index contributed by atoms with van der Waals surface area (Å²) in [5.74, 6) is 0.995. The van der Waals surface area contributed by atoms with E-state index in [1.54, 1.807) is 16.7 Å². The van der Waals surface area contributed by atoms with E-state index < -0.39 is 6.04 Å². The van der Waals surface area contributed by atoms with Crippen LogP contribution in [0.25, 0.3) is 0 Å². The summed E-state index contributed by atoms with van der Waals surface area (Å²) >= 11 is 1.60. The first-order chi connectivity index (χ1) is 17.5. The Morgan fingerprint density at radius 2 is 1.64 bits per heavy atom. The molecule has 3 rings (SSSR count). The highest BCUT2D eigenvalue weighted by atomic mass is 32.2. The van der Waals surface area contributed by atoms with Gasteiger partial charge in [-0.1, -0.05) is 97.8 Å². The third kappa shape index (κ3) is 8.56. The maximum absolute atomic E-state index is 13.7. The SMILES string of the molecule is CCCCNC(=O)C(Cc1ccccc1)N(Cc1cccc(C)c1)C(=O)CSCc1ccccc1C. The molecule has 0 saturated heterocycles. The highest BCUT2D eigenvalue weighted by molar-refractivity contribution is 7.99. The summed E-state index contributed by atoms with van der Waals surface area (Å²) in [5, 5.41) is 3.09. The van der Waals surface area contributed by atoms with Crippen molar-refractivity contribution in [3.05, 3.63) is 107 Å². The zero-order valence-electron chi connectivity index (χ0n) is 21.7. The van der Waals surface area contributed by atoms with Crippen molar-refractivity contribution in [2.75, 3.05) is 12.3 Å². The van der Waals surface area contributed by atoms with Gasteiger partial charge in [-0.15, -0.1) is 11.8 Å². The molecular weight excluding hydrogens is 464 g/mol. The summed E-state index contributed by atoms with van der Waals surface area (Å²) in [6, 6.07) is 25.8. The number of carbonyl (C=O) groups excluding carboxylic acids is 2. The van der Waals surface area contributed by atoms with Crippen LogP contribution in [0.1, 0.15) is 47.6 Å². The molecule has 0 aliphatic rings. The van der Waals surface area contributed by atoms with Crippen LogP contribution in [0.2, 0.25) is 0 Å². The lowest BCUT2D eigenvalue weighted by Crippen LogP contribution is -2.51. The number of thioether (sulfide) groups is 1. The first kappa shape index (κ1) is 27.5. The fourth-order valence-electron chi connectivity index (χ4n) is 4.17. The van der Waals surface area contributed by atoms with Crippen molar-refractivity contribution in [2.24, 2.45) is 0 Å². The third-order valence-electron chi connectivity index (χ3n) is 6.28. The minimum absolute atomic E-state index is 0.0123. The predicted octanol–water partition coefficient (Wildman–Crippen LogP) is 6.09. The molecule has 4 nitrogen and oxygen atoms in total. The van der Waals surface area contributed by atoms with E-state index >= 15 is 0 Å². The number of aryl methyl sites for hydroxylation is 2. The van der Waals surface area contributed by atoms with Crippen LogP contribution in [-0.2, 0) is 28.3 Å². The lowest BCUT2D eigenvalue weighted by atomic mass is 10.0. The lowest BCUT2D eigenvalue weighted by molar-refractivity contribution is -0.139. The lowest BCUT2D eigenvalue weighted by Gasteiger charge is -2.31. The molecule has 190 valence electrons. The van der Waals surface area contributed by atoms with Crippen molar-refractivity contribution in [1.82, 2.24) is 10.2 Å². The van der Waals surface area contributed by atoms with Gasteiger partial charge < -0.3 is 10.2 Å². The second-order valence-electron chi connectivity index (χ2n) is 9.28. The summed E-state index contributed by atoms with van der Waals surface area (Å²) in [4.78, 5) is 28.9. The molecule has 0 bridgehead atoms. The largest absolute Gasteiger partial charge is 0.354 e. The number of amides is 2. The number of rotatable bonds is 13. The van der Waals surface area contributed by atoms with Crippen LogP contribution < -0.4 is 5.32 Å². The smallest absolute Gasteiger partial charge is 0.243 e. The van der Waals surface area contributed by atoms with Gasteiger partial charge in [-0.2, -0.15) is 0 Å². The molecule has 0 fully saturated rings. The second-order valence-corrected chi connectivity index (χ2v) is 10.3. The topological polar surface area (TPSA) is 49.4 Å². The molecule has 5 heteroatoms. The van der Waals surface area contributed by atoms with Gasteiger partial charge in [-0.25, -0.2) is 0 Å². The third-order valence-corrected chi connectivity index (χ3v) is 7.25. The molecule has 0 radical (unpaired) electrons. The van der Waals surface area contributed by atoms with E-state index in [4.69, 9.17) is 0 Å². The van der Waals surface area contributed by atoms with E-state index in [-0.39, 0.29) is 11.8 Å². The molecule has 0 aromatic heterocycles. The minimum atomic E-state index is -0.573. The quantitative estimate of drug-likeness (QED) is 0.288. The van der Waals surface area contributed by atoms with Crippen molar-refractivity contribution in [2.45, 2.75) is 58.4 Å². The number of benzene rings is 3. The Morgan fingerprint density at radius 1 is 0.917 bits per heavy atom. The summed E-state index contributed by atoms with van der Waals surface area (Å²) in [6.07, 6.45) is 2.41. The van der Waals surface area contributed by atoms with Gasteiger partial charge in [0.05, 0.1) is 5.75 Å². The fourth-order valence-corrected chi connectivity index (χ4v) is 5.16. The molecule has 2 amide bonds. The van der Waals surface area contributed by atoms with Crippen molar-refractivity contribution < 1.29 is 9.59 Å². The van der Waals surface area contributed by atoms with Crippen LogP contribution in [0, 0.1) is 13.8 Å². The van der Waals surface area contributed by atoms with E-state index in [1.807, 2.05) is 67.6 Å². The highest BCUT2D eigenvalue weighted by Crippen LogP contribution is 2.20. The minimum Gasteiger partial charge on any atom is -0.354 e. The molecule has 3 aromatic rings. The maximum Gasteiger partial charge on any atom is 0.243 e. The molecule has 1 unspecified atom stereocenters. The Balaban J connectivity index is 1.84. The summed E-state index contributed by atoms with van der Waals surface area (Å²) in [6.45, 7) is 7.27. The van der Waals surface area contributed by atoms with Gasteiger partial charge in [0.25, 0.3) is 0 Å². The number of hydrogen-bond donors (Lipinski definition) is 1. The Labute approximate surface area is 220 Å². The predicted molar refractivity (Wildman–Crippen MR) is 151 cm³/mol. The van der Waals surface area contributed by atoms with E-state index in [0.717, 1.165) is 35.3 Å². The van der Waals surface area contributed by atoms with Crippen LogP contribution in [-0.4, -0.2) is 35.1 Å². The monoisotopic (exact) mass is 502 g/mol. The Morgan fingerprint density at radius 3 is 2.36 bits per heavy atom. The summed E-state index contributed by atoms with van der Waals surface area (Å²) < 4.78 is 0. The Bertz CT molecular complexity index is 1120. The average molecular weight is 503 g/mol. The van der Waals surface area contributed by atoms with Crippen molar-refractivity contribution in [3.63, 3.8) is 0 Å². The van der Waals surface area contributed by atoms with Crippen LogP contribution in [0.5, 0.6) is 0 Å². The van der Waals surface area contributed by atoms with Crippen molar-refractivity contribution >= 4 is 23.6 Å². The van der Waals surface area contributed by atoms with Crippen LogP contribution in [0.4, 0.5) is 0 Å². The fraction of sp³-hybridized carbons (Fsp3) is 0.355. The van der Waals surface area contributed by atoms with Crippen molar-refractivity contribution in [3.8, 4) is 0 Å². The zero-order valence-corrected chi connectivity index (χ0v) is 22.5. The van der Waals surface area contributed by atoms with E-state index in [2.05, 4.69) is 37.4 Å². The zero-order chi connectivity index (χ0) is 25.8. The maximum atomic E-state index is 13.7. The van der Waals surface area contributed by atoms with Crippen LogP contribution >= 0.6 is 11.8 Å². The van der Waals surface area contributed by atoms with Gasteiger partial charge in [-0.3, -0.25) is 9.59 Å². The molecule has 1 atom stereocenters. The number of nitrogens with zero attached hydrogens (tertiary/aromatic N) is 1. The first-order valence-electron chi connectivity index (χ1n) is 12.8. The molecule has 0 aliphatic heterocycles. The van der Waals surface area contributed by atoms with Gasteiger partial charge in [0.2, 0.25) is 11.8 Å². The van der Waals surface area contributed by atoms with Gasteiger partial charge in [-0.05, 0) is 42.5 Å². The Kier molecular flexibility index (Phi) is 11.1. The molecule has 1 N–H and O–H groups in total. The molecule has 0 aliphatic carbocycles. The average Bonchev–Trinajstić information content (AvgIpc) is 2.88. The molecular formula is C31H38N2O2S. The Hall–Kier alpha value is -3.05. The molecule has 0 spiro atoms. The van der Waals surface area contributed by atoms with E-state index in [0.29, 0.717) is 25.3 Å². The van der Waals surface area contributed by atoms with E-state index in [1.165, 1.54) is 11.1 Å². The van der Waals surface area contributed by atoms with E-state index in [9.17, 15) is 9.59 Å². The van der Waals surface area contributed by atoms with Crippen molar-refractivity contribution in [1.29, 1.82) is 0 Å². The highest BCUT2D eigenvalue weighted by Gasteiger charge is 2.30. The van der Waals surface area contributed by atoms with Gasteiger partial charge in [0, 0.05) is 25.3 Å². The van der Waals surface area contributed by atoms with Gasteiger partial charge in [0.1, 0.15) is 6.04 Å². The number of hydrogen-bond acceptors (Lipinski definition) is 3. The summed E-state index contributed by atoms with van der Waals surface area (Å²) in [7, 11) is 0. The summed E-state index contributed by atoms with van der Waals surface area (Å²) in [5.41, 5.74) is 5.68. The molecule has 0 heterocycles. The number of nitrogens with one attached hydrogen (secondary N) is 1. The molecule has 3 aromatic carbocycles. The van der Waals surface area contributed by atoms with Crippen LogP contribution in [0.15, 0.2) is 78.9 Å². The standard InChI is InChI=1S/C31H38N2O2S/c1-4-5-18-32-31(35)29(20-26-14-7-6-8-15-26)33(21-27-16-11-12-24(2)19-27)30(34)23-36-22-28-17-10-9-13-25(28)3/h6-17,19,29H,4-5,18,20-23H2,1-3H3,(H,32,35). The molecule has 0 saturated carbocycles. The van der Waals surface area contributed by atoms with Crippen LogP contribution in [0.3, 0.4) is 0 Å². The number of carbonyl (C=O) groups is 2. The normalized spacial score (nSPS) is 11.6.